The first-order chi connectivity index (χ1) is 7.65. The second-order valence-corrected chi connectivity index (χ2v) is 5.02. The third kappa shape index (κ3) is 2.17. The highest BCUT2D eigenvalue weighted by atomic mass is 16.3. The van der Waals surface area contributed by atoms with E-state index in [9.17, 15) is 0 Å². The molecule has 1 aliphatic rings. The fraction of sp³-hybridized carbons (Fsp3) is 0.714. The molecule has 0 amide bonds. The van der Waals surface area contributed by atoms with Crippen LogP contribution >= 0.6 is 0 Å². The van der Waals surface area contributed by atoms with Gasteiger partial charge in [-0.15, -0.1) is 0 Å². The summed E-state index contributed by atoms with van der Waals surface area (Å²) in [4.78, 5) is 0. The third-order valence-electron chi connectivity index (χ3n) is 3.64. The first-order valence-corrected chi connectivity index (χ1v) is 6.45. The van der Waals surface area contributed by atoms with E-state index < -0.39 is 0 Å². The first kappa shape index (κ1) is 11.7. The van der Waals surface area contributed by atoms with E-state index in [4.69, 9.17) is 4.42 Å². The number of furan rings is 1. The molecule has 0 aromatic carbocycles. The van der Waals surface area contributed by atoms with E-state index in [0.717, 1.165) is 24.0 Å². The van der Waals surface area contributed by atoms with E-state index in [1.807, 2.05) is 0 Å². The highest BCUT2D eigenvalue weighted by Crippen LogP contribution is 2.43. The van der Waals surface area contributed by atoms with Crippen molar-refractivity contribution in [3.8, 4) is 0 Å². The Kier molecular flexibility index (Phi) is 3.38. The van der Waals surface area contributed by atoms with Gasteiger partial charge in [0.15, 0.2) is 0 Å². The topological polar surface area (TPSA) is 25.2 Å². The summed E-state index contributed by atoms with van der Waals surface area (Å²) in [7, 11) is 0. The Labute approximate surface area is 98.4 Å². The lowest BCUT2D eigenvalue weighted by atomic mass is 9.98. The van der Waals surface area contributed by atoms with E-state index in [-0.39, 0.29) is 0 Å². The first-order valence-electron chi connectivity index (χ1n) is 6.45. The van der Waals surface area contributed by atoms with Crippen LogP contribution in [0.1, 0.15) is 54.9 Å². The Morgan fingerprint density at radius 2 is 1.94 bits per heavy atom. The van der Waals surface area contributed by atoms with Gasteiger partial charge in [-0.3, -0.25) is 0 Å². The van der Waals surface area contributed by atoms with Crippen LogP contribution in [0.15, 0.2) is 4.42 Å². The third-order valence-corrected chi connectivity index (χ3v) is 3.64. The fourth-order valence-electron chi connectivity index (χ4n) is 2.50. The SMILES string of the molecule is CCCNC(c1c(C)oc(C)c1C)C1CC1. The van der Waals surface area contributed by atoms with Gasteiger partial charge in [-0.05, 0) is 58.1 Å². The molecule has 1 heterocycles. The molecule has 2 heteroatoms. The molecular weight excluding hydrogens is 198 g/mol. The molecule has 2 nitrogen and oxygen atoms in total. The number of rotatable bonds is 5. The molecule has 1 N–H and O–H groups in total. The predicted octanol–water partition coefficient (Wildman–Crippen LogP) is 3.66. The monoisotopic (exact) mass is 221 g/mol. The summed E-state index contributed by atoms with van der Waals surface area (Å²) in [5, 5.41) is 3.68. The van der Waals surface area contributed by atoms with Gasteiger partial charge < -0.3 is 9.73 Å². The van der Waals surface area contributed by atoms with Gasteiger partial charge in [-0.25, -0.2) is 0 Å². The van der Waals surface area contributed by atoms with Crippen molar-refractivity contribution >= 4 is 0 Å². The molecule has 1 saturated carbocycles. The van der Waals surface area contributed by atoms with E-state index in [0.29, 0.717) is 6.04 Å². The second kappa shape index (κ2) is 4.62. The molecule has 1 atom stereocenters. The largest absolute Gasteiger partial charge is 0.466 e. The number of hydrogen-bond acceptors (Lipinski definition) is 2. The highest BCUT2D eigenvalue weighted by Gasteiger charge is 2.35. The van der Waals surface area contributed by atoms with Gasteiger partial charge in [0.05, 0.1) is 0 Å². The molecule has 16 heavy (non-hydrogen) atoms. The van der Waals surface area contributed by atoms with E-state index in [1.165, 1.54) is 30.4 Å². The Hall–Kier alpha value is -0.760. The molecular formula is C14H23NO. The van der Waals surface area contributed by atoms with Gasteiger partial charge in [-0.1, -0.05) is 6.92 Å². The fourth-order valence-corrected chi connectivity index (χ4v) is 2.50. The Bertz CT molecular complexity index is 363. The van der Waals surface area contributed by atoms with Crippen LogP contribution in [0.4, 0.5) is 0 Å². The van der Waals surface area contributed by atoms with Crippen LogP contribution in [0.5, 0.6) is 0 Å². The minimum atomic E-state index is 0.525. The zero-order valence-corrected chi connectivity index (χ0v) is 10.9. The lowest BCUT2D eigenvalue weighted by Gasteiger charge is -2.18. The zero-order chi connectivity index (χ0) is 11.7. The molecule has 1 aromatic rings. The molecule has 0 saturated heterocycles. The molecule has 1 unspecified atom stereocenters. The summed E-state index contributed by atoms with van der Waals surface area (Å²) in [6, 6.07) is 0.525. The van der Waals surface area contributed by atoms with Crippen LogP contribution in [-0.4, -0.2) is 6.54 Å². The molecule has 0 radical (unpaired) electrons. The van der Waals surface area contributed by atoms with Crippen LogP contribution < -0.4 is 5.32 Å². The van der Waals surface area contributed by atoms with Crippen molar-refractivity contribution in [1.29, 1.82) is 0 Å². The number of nitrogens with one attached hydrogen (secondary N) is 1. The van der Waals surface area contributed by atoms with Crippen LogP contribution in [0.2, 0.25) is 0 Å². The molecule has 1 aromatic heterocycles. The average molecular weight is 221 g/mol. The van der Waals surface area contributed by atoms with Gasteiger partial charge in [0.1, 0.15) is 11.5 Å². The van der Waals surface area contributed by atoms with Crippen molar-refractivity contribution in [2.24, 2.45) is 5.92 Å². The average Bonchev–Trinajstić information content (AvgIpc) is 3.02. The molecule has 0 aliphatic heterocycles. The van der Waals surface area contributed by atoms with Crippen LogP contribution in [0, 0.1) is 26.7 Å². The Balaban J connectivity index is 2.23. The highest BCUT2D eigenvalue weighted by molar-refractivity contribution is 5.35. The summed E-state index contributed by atoms with van der Waals surface area (Å²) in [5.74, 6) is 3.02. The maximum absolute atomic E-state index is 5.74. The lowest BCUT2D eigenvalue weighted by Crippen LogP contribution is -2.24. The van der Waals surface area contributed by atoms with Crippen molar-refractivity contribution in [2.75, 3.05) is 6.54 Å². The van der Waals surface area contributed by atoms with Crippen LogP contribution in [-0.2, 0) is 0 Å². The normalized spacial score (nSPS) is 17.8. The van der Waals surface area contributed by atoms with Crippen molar-refractivity contribution in [3.63, 3.8) is 0 Å². The quantitative estimate of drug-likeness (QED) is 0.821. The van der Waals surface area contributed by atoms with E-state index in [1.54, 1.807) is 0 Å². The summed E-state index contributed by atoms with van der Waals surface area (Å²) < 4.78 is 5.74. The molecule has 1 aliphatic carbocycles. The van der Waals surface area contributed by atoms with Crippen molar-refractivity contribution in [1.82, 2.24) is 5.32 Å². The standard InChI is InChI=1S/C14H23NO/c1-5-8-15-14(12-6-7-12)13-9(2)10(3)16-11(13)4/h12,14-15H,5-8H2,1-4H3. The van der Waals surface area contributed by atoms with Crippen LogP contribution in [0.3, 0.4) is 0 Å². The molecule has 1 fully saturated rings. The maximum Gasteiger partial charge on any atom is 0.106 e. The Morgan fingerprint density at radius 3 is 2.38 bits per heavy atom. The van der Waals surface area contributed by atoms with Gasteiger partial charge >= 0.3 is 0 Å². The summed E-state index contributed by atoms with van der Waals surface area (Å²) >= 11 is 0. The lowest BCUT2D eigenvalue weighted by molar-refractivity contribution is 0.456. The number of aryl methyl sites for hydroxylation is 2. The van der Waals surface area contributed by atoms with Gasteiger partial charge in [0.25, 0.3) is 0 Å². The molecule has 2 rings (SSSR count). The number of hydrogen-bond donors (Lipinski definition) is 1. The van der Waals surface area contributed by atoms with Crippen molar-refractivity contribution < 1.29 is 4.42 Å². The minimum Gasteiger partial charge on any atom is -0.466 e. The molecule has 90 valence electrons. The van der Waals surface area contributed by atoms with Gasteiger partial charge in [0, 0.05) is 11.6 Å². The predicted molar refractivity (Wildman–Crippen MR) is 66.7 cm³/mol. The van der Waals surface area contributed by atoms with Crippen molar-refractivity contribution in [3.05, 3.63) is 22.6 Å². The van der Waals surface area contributed by atoms with Gasteiger partial charge in [-0.2, -0.15) is 0 Å². The molecule has 0 spiro atoms. The minimum absolute atomic E-state index is 0.525. The summed E-state index contributed by atoms with van der Waals surface area (Å²) in [6.07, 6.45) is 3.92. The van der Waals surface area contributed by atoms with Crippen molar-refractivity contribution in [2.45, 2.75) is 53.0 Å². The summed E-state index contributed by atoms with van der Waals surface area (Å²) in [6.45, 7) is 9.67. The van der Waals surface area contributed by atoms with E-state index in [2.05, 4.69) is 33.0 Å². The van der Waals surface area contributed by atoms with Crippen LogP contribution in [0.25, 0.3) is 0 Å². The zero-order valence-electron chi connectivity index (χ0n) is 10.9. The second-order valence-electron chi connectivity index (χ2n) is 5.02. The smallest absolute Gasteiger partial charge is 0.106 e. The molecule has 0 bridgehead atoms. The van der Waals surface area contributed by atoms with Gasteiger partial charge in [0.2, 0.25) is 0 Å². The van der Waals surface area contributed by atoms with E-state index >= 15 is 0 Å². The summed E-state index contributed by atoms with van der Waals surface area (Å²) in [5.41, 5.74) is 2.77. The maximum atomic E-state index is 5.74. The Morgan fingerprint density at radius 1 is 1.25 bits per heavy atom.